The fraction of sp³-hybridized carbons (Fsp3) is 0.917. The van der Waals surface area contributed by atoms with Crippen molar-refractivity contribution >= 4 is 23.6 Å². The topological polar surface area (TPSA) is 131 Å². The third-order valence-electron chi connectivity index (χ3n) is 19.7. The van der Waals surface area contributed by atoms with E-state index >= 15 is 0 Å². The van der Waals surface area contributed by atoms with E-state index in [4.69, 9.17) is 14.2 Å². The minimum Gasteiger partial charge on any atom is -0.445 e. The number of nitrogens with zero attached hydrogens (tertiary/aromatic N) is 1. The first-order chi connectivity index (χ1) is 27.0. The predicted molar refractivity (Wildman–Crippen MR) is 223 cm³/mol. The van der Waals surface area contributed by atoms with Crippen LogP contribution in [0.25, 0.3) is 0 Å². The highest BCUT2D eigenvalue weighted by atomic mass is 16.6. The third-order valence-corrected chi connectivity index (χ3v) is 19.7. The third kappa shape index (κ3) is 6.51. The van der Waals surface area contributed by atoms with Gasteiger partial charge in [-0.25, -0.2) is 4.79 Å². The summed E-state index contributed by atoms with van der Waals surface area (Å²) in [4.78, 5) is 55.5. The number of alkyl carbamates (subject to hydrolysis) is 1. The summed E-state index contributed by atoms with van der Waals surface area (Å²) in [7, 11) is 3.57. The molecule has 6 saturated carbocycles. The van der Waals surface area contributed by atoms with E-state index in [1.54, 1.807) is 14.2 Å². The van der Waals surface area contributed by atoms with Gasteiger partial charge in [-0.05, 0) is 112 Å². The minimum absolute atomic E-state index is 0.0116. The number of aliphatic hydroxyl groups is 1. The quantitative estimate of drug-likeness (QED) is 0.291. The highest BCUT2D eigenvalue weighted by molar-refractivity contribution is 5.94. The summed E-state index contributed by atoms with van der Waals surface area (Å²) < 4.78 is 18.1. The number of rotatable bonds is 4. The normalized spacial score (nSPS) is 49.9. The largest absolute Gasteiger partial charge is 0.445 e. The molecule has 328 valence electrons. The van der Waals surface area contributed by atoms with Crippen LogP contribution in [0, 0.1) is 79.8 Å². The summed E-state index contributed by atoms with van der Waals surface area (Å²) in [5, 5.41) is 13.8. The van der Waals surface area contributed by atoms with Crippen molar-refractivity contribution in [2.45, 2.75) is 164 Å². The SMILES string of the molecule is CO[C@@H]1CCC23CC[C@@H](C)[C@](C)(C12)[C@H](O)CC(C)(C)C(=O)[C@@H]3C.CO[C@@H]1CCC23CC[C@@H](C)[C@](C)(C12)[C@H](OC(=O)NC(=O)[C@H]1CN2CC[C@@H]1C2)CC(C)(C)C(=O)[C@@H]3C. The van der Waals surface area contributed by atoms with Crippen molar-refractivity contribution in [3.8, 4) is 0 Å². The Bertz CT molecular complexity index is 1630. The lowest BCUT2D eigenvalue weighted by molar-refractivity contribution is -0.190. The molecular weight excluding hydrogens is 733 g/mol. The second kappa shape index (κ2) is 15.2. The maximum atomic E-state index is 13.8. The van der Waals surface area contributed by atoms with Gasteiger partial charge in [0, 0.05) is 66.7 Å². The van der Waals surface area contributed by atoms with Gasteiger partial charge in [-0.2, -0.15) is 0 Å². The molecule has 0 radical (unpaired) electrons. The number of imide groups is 1. The van der Waals surface area contributed by atoms with Crippen LogP contribution in [-0.2, 0) is 28.6 Å². The molecule has 2 saturated heterocycles. The fourth-order valence-corrected chi connectivity index (χ4v) is 15.9. The number of carbonyl (C=O) groups excluding carboxylic acids is 4. The van der Waals surface area contributed by atoms with E-state index in [9.17, 15) is 24.3 Å². The van der Waals surface area contributed by atoms with Crippen LogP contribution in [0.5, 0.6) is 0 Å². The average Bonchev–Trinajstić information content (AvgIpc) is 3.99. The number of nitrogens with one attached hydrogen (secondary N) is 1. The second-order valence-electron chi connectivity index (χ2n) is 22.8. The van der Waals surface area contributed by atoms with Gasteiger partial charge in [-0.15, -0.1) is 0 Å². The average molecular weight is 811 g/mol. The number of hydrogen-bond acceptors (Lipinski definition) is 9. The fourth-order valence-electron chi connectivity index (χ4n) is 15.9. The van der Waals surface area contributed by atoms with E-state index in [0.717, 1.165) is 77.4 Å². The number of ketones is 2. The first-order valence-electron chi connectivity index (χ1n) is 23.1. The Kier molecular flexibility index (Phi) is 11.6. The maximum absolute atomic E-state index is 13.8. The number of hydrogen-bond donors (Lipinski definition) is 2. The Balaban J connectivity index is 0.000000193. The number of methoxy groups -OCH3 is 2. The zero-order valence-corrected chi connectivity index (χ0v) is 38.1. The molecule has 6 aliphatic carbocycles. The molecule has 0 spiro atoms. The van der Waals surface area contributed by atoms with E-state index in [0.29, 0.717) is 36.4 Å². The van der Waals surface area contributed by atoms with Crippen LogP contribution in [0.15, 0.2) is 0 Å². The van der Waals surface area contributed by atoms with E-state index < -0.39 is 29.1 Å². The van der Waals surface area contributed by atoms with Gasteiger partial charge in [0.15, 0.2) is 0 Å². The molecule has 10 heteroatoms. The molecule has 17 atom stereocenters. The molecule has 2 amide bonds. The van der Waals surface area contributed by atoms with Crippen LogP contribution in [0.3, 0.4) is 0 Å². The van der Waals surface area contributed by atoms with Crippen molar-refractivity contribution < 1.29 is 38.5 Å². The van der Waals surface area contributed by atoms with Gasteiger partial charge in [0.2, 0.25) is 5.91 Å². The lowest BCUT2D eigenvalue weighted by atomic mass is 9.44. The molecule has 2 heterocycles. The van der Waals surface area contributed by atoms with Crippen LogP contribution < -0.4 is 5.32 Å². The molecule has 2 N–H and O–H groups in total. The first kappa shape index (κ1) is 44.2. The van der Waals surface area contributed by atoms with Gasteiger partial charge in [0.25, 0.3) is 0 Å². The smallest absolute Gasteiger partial charge is 0.414 e. The number of piperidine rings is 1. The highest BCUT2D eigenvalue weighted by Crippen LogP contribution is 2.70. The van der Waals surface area contributed by atoms with Gasteiger partial charge in [-0.1, -0.05) is 69.2 Å². The van der Waals surface area contributed by atoms with Crippen LogP contribution in [-0.4, -0.2) is 91.8 Å². The van der Waals surface area contributed by atoms with Gasteiger partial charge in [-0.3, -0.25) is 19.7 Å². The van der Waals surface area contributed by atoms with Crippen LogP contribution >= 0.6 is 0 Å². The second-order valence-corrected chi connectivity index (χ2v) is 22.8. The minimum atomic E-state index is -0.661. The zero-order chi connectivity index (χ0) is 42.5. The molecule has 5 unspecified atom stereocenters. The van der Waals surface area contributed by atoms with Crippen LogP contribution in [0.4, 0.5) is 4.79 Å². The van der Waals surface area contributed by atoms with Crippen molar-refractivity contribution in [1.82, 2.24) is 10.2 Å². The lowest BCUT2D eigenvalue weighted by Crippen LogP contribution is -2.63. The number of Topliss-reactive ketones (excluding diaryl/α,β-unsaturated/α-hetero) is 2. The molecule has 2 aliphatic heterocycles. The summed E-state index contributed by atoms with van der Waals surface area (Å²) in [6.07, 6.45) is 8.89. The molecule has 8 aliphatic rings. The Hall–Kier alpha value is -1.88. The molecule has 8 fully saturated rings. The molecule has 0 aromatic heterocycles. The summed E-state index contributed by atoms with van der Waals surface area (Å²) >= 11 is 0. The number of aliphatic hydroxyl groups excluding tert-OH is 1. The molecule has 10 nitrogen and oxygen atoms in total. The molecule has 0 aromatic carbocycles. The number of carbonyl (C=O) groups is 4. The summed E-state index contributed by atoms with van der Waals surface area (Å²) in [6, 6.07) is 0. The first-order valence-corrected chi connectivity index (χ1v) is 23.1. The Morgan fingerprint density at radius 1 is 0.690 bits per heavy atom. The van der Waals surface area contributed by atoms with Gasteiger partial charge < -0.3 is 24.2 Å². The van der Waals surface area contributed by atoms with Crippen molar-refractivity contribution in [1.29, 1.82) is 0 Å². The molecular formula is C48H78N2O8. The maximum Gasteiger partial charge on any atom is 0.414 e. The Morgan fingerprint density at radius 2 is 1.17 bits per heavy atom. The van der Waals surface area contributed by atoms with Gasteiger partial charge >= 0.3 is 6.09 Å². The van der Waals surface area contributed by atoms with Crippen LogP contribution in [0.2, 0.25) is 0 Å². The van der Waals surface area contributed by atoms with Gasteiger partial charge in [0.1, 0.15) is 17.7 Å². The standard InChI is InChI=1S/C28H44N2O5.C20H34O3/c1-16-7-10-28-11-8-20(34-6)22(28)27(16,5)21(13-26(3,4)23(31)17(28)2)35-25(33)29-24(32)19-15-30-12-9-18(19)14-30;1-12-7-9-20-10-8-14(23-6)16(20)19(12,5)15(21)11-18(3,4)17(22)13(20)2/h16-22H,7-15H2,1-6H3,(H,29,32,33);12-16,21H,7-11H2,1-6H3/t16-,17+,18-,19+,20-,21-,22?,27+,28?;12-,13+,14-,15-,16?,19+,20?/m11/s1. The number of amides is 2. The summed E-state index contributed by atoms with van der Waals surface area (Å²) in [6.45, 7) is 24.1. The molecule has 58 heavy (non-hydrogen) atoms. The van der Waals surface area contributed by atoms with E-state index in [1.807, 2.05) is 27.7 Å². The molecule has 6 bridgehead atoms. The lowest BCUT2D eigenvalue weighted by Gasteiger charge is -2.61. The molecule has 0 aromatic rings. The molecule has 8 rings (SSSR count). The summed E-state index contributed by atoms with van der Waals surface area (Å²) in [5.74, 6) is 1.76. The zero-order valence-electron chi connectivity index (χ0n) is 38.1. The van der Waals surface area contributed by atoms with E-state index in [-0.39, 0.29) is 75.1 Å². The van der Waals surface area contributed by atoms with Crippen molar-refractivity contribution in [2.24, 2.45) is 79.8 Å². The number of fused-ring (bicyclic) bond motifs is 2. The van der Waals surface area contributed by atoms with Gasteiger partial charge in [0.05, 0.1) is 24.2 Å². The monoisotopic (exact) mass is 811 g/mol. The van der Waals surface area contributed by atoms with Crippen molar-refractivity contribution in [3.63, 3.8) is 0 Å². The number of ether oxygens (including phenoxy) is 3. The van der Waals surface area contributed by atoms with Crippen LogP contribution in [0.1, 0.15) is 140 Å². The van der Waals surface area contributed by atoms with Crippen molar-refractivity contribution in [3.05, 3.63) is 0 Å². The predicted octanol–water partition coefficient (Wildman–Crippen LogP) is 7.87. The Labute approximate surface area is 349 Å². The van der Waals surface area contributed by atoms with E-state index in [2.05, 4.69) is 51.8 Å². The highest BCUT2D eigenvalue weighted by Gasteiger charge is 2.69. The Morgan fingerprint density at radius 3 is 1.66 bits per heavy atom. The van der Waals surface area contributed by atoms with Crippen molar-refractivity contribution in [2.75, 3.05) is 33.9 Å². The summed E-state index contributed by atoms with van der Waals surface area (Å²) in [5.41, 5.74) is -1.70. The van der Waals surface area contributed by atoms with E-state index in [1.165, 1.54) is 0 Å².